The molecule has 100 valence electrons. The molecule has 0 aliphatic rings. The van der Waals surface area contributed by atoms with E-state index in [0.29, 0.717) is 0 Å². The molecule has 19 heavy (non-hydrogen) atoms. The summed E-state index contributed by atoms with van der Waals surface area (Å²) in [5, 5.41) is 4.33. The first-order valence-corrected chi connectivity index (χ1v) is 6.93. The van der Waals surface area contributed by atoms with Crippen LogP contribution in [0.4, 0.5) is 5.69 Å². The highest BCUT2D eigenvalue weighted by Gasteiger charge is 2.10. The minimum absolute atomic E-state index is 0.278. The Morgan fingerprint density at radius 1 is 1.21 bits per heavy atom. The van der Waals surface area contributed by atoms with Crippen LogP contribution in [-0.2, 0) is 0 Å². The van der Waals surface area contributed by atoms with Crippen molar-refractivity contribution in [2.45, 2.75) is 33.2 Å². The lowest BCUT2D eigenvalue weighted by Gasteiger charge is -2.19. The average molecular weight is 275 g/mol. The summed E-state index contributed by atoms with van der Waals surface area (Å²) in [7, 11) is 0. The zero-order chi connectivity index (χ0) is 13.8. The summed E-state index contributed by atoms with van der Waals surface area (Å²) in [5.41, 5.74) is 4.44. The molecule has 0 fully saturated rings. The van der Waals surface area contributed by atoms with Gasteiger partial charge in [0, 0.05) is 10.7 Å². The molecule has 0 radical (unpaired) electrons. The highest BCUT2D eigenvalue weighted by atomic mass is 35.5. The van der Waals surface area contributed by atoms with Crippen LogP contribution in [0.5, 0.6) is 0 Å². The van der Waals surface area contributed by atoms with Gasteiger partial charge >= 0.3 is 0 Å². The van der Waals surface area contributed by atoms with Gasteiger partial charge in [0.15, 0.2) is 0 Å². The average Bonchev–Trinajstić information content (AvgIpc) is 2.41. The number of anilines is 1. The van der Waals surface area contributed by atoms with E-state index in [1.807, 2.05) is 32.2 Å². The third-order valence-electron chi connectivity index (χ3n) is 3.24. The van der Waals surface area contributed by atoms with E-state index in [-0.39, 0.29) is 6.04 Å². The Morgan fingerprint density at radius 2 is 2.00 bits per heavy atom. The van der Waals surface area contributed by atoms with Crippen molar-refractivity contribution >= 4 is 17.3 Å². The zero-order valence-electron chi connectivity index (χ0n) is 11.6. The molecule has 1 heterocycles. The molecule has 1 aromatic heterocycles. The van der Waals surface area contributed by atoms with Crippen molar-refractivity contribution in [1.29, 1.82) is 0 Å². The molecule has 0 unspecified atom stereocenters. The Morgan fingerprint density at radius 3 is 2.58 bits per heavy atom. The normalized spacial score (nSPS) is 12.2. The van der Waals surface area contributed by atoms with Gasteiger partial charge in [-0.15, -0.1) is 0 Å². The number of aryl methyl sites for hydroxylation is 2. The summed E-state index contributed by atoms with van der Waals surface area (Å²) in [6.45, 7) is 6.19. The van der Waals surface area contributed by atoms with E-state index in [0.717, 1.165) is 28.4 Å². The van der Waals surface area contributed by atoms with Crippen molar-refractivity contribution in [3.63, 3.8) is 0 Å². The van der Waals surface area contributed by atoms with Gasteiger partial charge in [-0.25, -0.2) is 0 Å². The van der Waals surface area contributed by atoms with E-state index in [2.05, 4.69) is 35.4 Å². The topological polar surface area (TPSA) is 24.9 Å². The maximum atomic E-state index is 6.08. The predicted octanol–water partition coefficient (Wildman–Crippen LogP) is 4.92. The largest absolute Gasteiger partial charge is 0.377 e. The standard InChI is InChI=1S/C16H19ClN2/c1-4-16(13-6-8-15(17)11(2)9-13)19-14-7-5-12(3)18-10-14/h5-10,16,19H,4H2,1-3H3/t16-/m1/s1. The molecule has 2 aromatic rings. The lowest BCUT2D eigenvalue weighted by atomic mass is 10.0. The lowest BCUT2D eigenvalue weighted by Crippen LogP contribution is -2.10. The number of halogens is 1. The highest BCUT2D eigenvalue weighted by Crippen LogP contribution is 2.25. The van der Waals surface area contributed by atoms with Crippen molar-refractivity contribution in [3.05, 3.63) is 58.4 Å². The summed E-state index contributed by atoms with van der Waals surface area (Å²) < 4.78 is 0. The number of aromatic nitrogens is 1. The van der Waals surface area contributed by atoms with E-state index in [9.17, 15) is 0 Å². The predicted molar refractivity (Wildman–Crippen MR) is 81.8 cm³/mol. The van der Waals surface area contributed by atoms with Crippen molar-refractivity contribution in [3.8, 4) is 0 Å². The Kier molecular flexibility index (Phi) is 4.43. The van der Waals surface area contributed by atoms with Crippen LogP contribution in [0.25, 0.3) is 0 Å². The minimum atomic E-state index is 0.278. The Labute approximate surface area is 119 Å². The van der Waals surface area contributed by atoms with Gasteiger partial charge in [0.1, 0.15) is 0 Å². The monoisotopic (exact) mass is 274 g/mol. The second-order valence-electron chi connectivity index (χ2n) is 4.80. The van der Waals surface area contributed by atoms with Crippen molar-refractivity contribution in [1.82, 2.24) is 4.98 Å². The molecule has 2 nitrogen and oxygen atoms in total. The Balaban J connectivity index is 2.19. The summed E-state index contributed by atoms with van der Waals surface area (Å²) in [4.78, 5) is 4.31. The van der Waals surface area contributed by atoms with Crippen molar-refractivity contribution in [2.75, 3.05) is 5.32 Å². The maximum Gasteiger partial charge on any atom is 0.0531 e. The van der Waals surface area contributed by atoms with E-state index in [1.54, 1.807) is 0 Å². The molecule has 1 N–H and O–H groups in total. The molecule has 3 heteroatoms. The first-order chi connectivity index (χ1) is 9.10. The molecule has 0 bridgehead atoms. The lowest BCUT2D eigenvalue weighted by molar-refractivity contribution is 0.748. The molecule has 1 atom stereocenters. The zero-order valence-corrected chi connectivity index (χ0v) is 12.3. The number of pyridine rings is 1. The number of hydrogen-bond acceptors (Lipinski definition) is 2. The van der Waals surface area contributed by atoms with E-state index in [4.69, 9.17) is 11.6 Å². The van der Waals surface area contributed by atoms with Crippen LogP contribution < -0.4 is 5.32 Å². The second-order valence-corrected chi connectivity index (χ2v) is 5.21. The van der Waals surface area contributed by atoms with Gasteiger partial charge in [0.25, 0.3) is 0 Å². The number of rotatable bonds is 4. The van der Waals surface area contributed by atoms with Crippen LogP contribution in [0.15, 0.2) is 36.5 Å². The van der Waals surface area contributed by atoms with Gasteiger partial charge < -0.3 is 5.32 Å². The first-order valence-electron chi connectivity index (χ1n) is 6.55. The molecule has 1 aromatic carbocycles. The summed E-state index contributed by atoms with van der Waals surface area (Å²) >= 11 is 6.08. The molecular weight excluding hydrogens is 256 g/mol. The van der Waals surface area contributed by atoms with Crippen LogP contribution in [0.1, 0.15) is 36.2 Å². The van der Waals surface area contributed by atoms with Crippen LogP contribution in [0, 0.1) is 13.8 Å². The highest BCUT2D eigenvalue weighted by molar-refractivity contribution is 6.31. The molecule has 2 rings (SSSR count). The Hall–Kier alpha value is -1.54. The Bertz CT molecular complexity index is 549. The molecular formula is C16H19ClN2. The quantitative estimate of drug-likeness (QED) is 0.856. The van der Waals surface area contributed by atoms with Gasteiger partial charge in [0.05, 0.1) is 17.9 Å². The molecule has 0 aliphatic carbocycles. The molecule has 0 spiro atoms. The van der Waals surface area contributed by atoms with Crippen LogP contribution in [-0.4, -0.2) is 4.98 Å². The van der Waals surface area contributed by atoms with Gasteiger partial charge in [-0.1, -0.05) is 30.7 Å². The molecule has 0 aliphatic heterocycles. The number of benzene rings is 1. The SMILES string of the molecule is CC[C@@H](Nc1ccc(C)nc1)c1ccc(Cl)c(C)c1. The van der Waals surface area contributed by atoms with Crippen LogP contribution in [0.3, 0.4) is 0 Å². The van der Waals surface area contributed by atoms with Gasteiger partial charge in [0.2, 0.25) is 0 Å². The summed E-state index contributed by atoms with van der Waals surface area (Å²) in [6, 6.07) is 10.5. The third-order valence-corrected chi connectivity index (χ3v) is 3.67. The molecule has 0 saturated carbocycles. The fourth-order valence-electron chi connectivity index (χ4n) is 2.06. The van der Waals surface area contributed by atoms with Crippen LogP contribution in [0.2, 0.25) is 5.02 Å². The van der Waals surface area contributed by atoms with Gasteiger partial charge in [-0.2, -0.15) is 0 Å². The van der Waals surface area contributed by atoms with E-state index in [1.165, 1.54) is 5.56 Å². The van der Waals surface area contributed by atoms with Crippen LogP contribution >= 0.6 is 11.6 Å². The smallest absolute Gasteiger partial charge is 0.0531 e. The van der Waals surface area contributed by atoms with E-state index < -0.39 is 0 Å². The second kappa shape index (κ2) is 6.07. The molecule has 0 amide bonds. The van der Waals surface area contributed by atoms with Gasteiger partial charge in [-0.05, 0) is 49.6 Å². The number of nitrogens with one attached hydrogen (secondary N) is 1. The number of hydrogen-bond donors (Lipinski definition) is 1. The maximum absolute atomic E-state index is 6.08. The van der Waals surface area contributed by atoms with Crippen molar-refractivity contribution < 1.29 is 0 Å². The minimum Gasteiger partial charge on any atom is -0.377 e. The molecule has 0 saturated heterocycles. The van der Waals surface area contributed by atoms with E-state index >= 15 is 0 Å². The summed E-state index contributed by atoms with van der Waals surface area (Å²) in [6.07, 6.45) is 2.88. The third kappa shape index (κ3) is 3.48. The summed E-state index contributed by atoms with van der Waals surface area (Å²) in [5.74, 6) is 0. The van der Waals surface area contributed by atoms with Gasteiger partial charge in [-0.3, -0.25) is 4.98 Å². The fourth-order valence-corrected chi connectivity index (χ4v) is 2.18. The van der Waals surface area contributed by atoms with Crippen molar-refractivity contribution in [2.24, 2.45) is 0 Å². The first kappa shape index (κ1) is 13.9. The fraction of sp³-hybridized carbons (Fsp3) is 0.312. The number of nitrogens with zero attached hydrogens (tertiary/aromatic N) is 1.